The van der Waals surface area contributed by atoms with Crippen molar-refractivity contribution in [1.29, 1.82) is 0 Å². The van der Waals surface area contributed by atoms with Crippen LogP contribution in [0.3, 0.4) is 0 Å². The summed E-state index contributed by atoms with van der Waals surface area (Å²) in [5.41, 5.74) is 3.71. The minimum atomic E-state index is -0.0887. The summed E-state index contributed by atoms with van der Waals surface area (Å²) in [5.74, 6) is 6.63. The highest BCUT2D eigenvalue weighted by Crippen LogP contribution is 2.35. The molecule has 0 fully saturated rings. The molecule has 2 heterocycles. The van der Waals surface area contributed by atoms with Crippen LogP contribution in [0.1, 0.15) is 30.8 Å². The van der Waals surface area contributed by atoms with E-state index in [1.807, 2.05) is 12.3 Å². The second kappa shape index (κ2) is 6.72. The summed E-state index contributed by atoms with van der Waals surface area (Å²) in [6, 6.07) is 1.76. The summed E-state index contributed by atoms with van der Waals surface area (Å²) in [4.78, 5) is 4.38. The number of imidazole rings is 1. The number of hydrogen-bond donors (Lipinski definition) is 2. The molecular weight excluding hydrogens is 303 g/mol. The van der Waals surface area contributed by atoms with E-state index in [2.05, 4.69) is 21.9 Å². The zero-order valence-electron chi connectivity index (χ0n) is 10.6. The Labute approximate surface area is 126 Å². The molecule has 0 aliphatic rings. The van der Waals surface area contributed by atoms with E-state index in [4.69, 9.17) is 29.0 Å². The van der Waals surface area contributed by atoms with Gasteiger partial charge >= 0.3 is 0 Å². The fourth-order valence-electron chi connectivity index (χ4n) is 2.01. The van der Waals surface area contributed by atoms with Crippen LogP contribution in [-0.2, 0) is 13.0 Å². The molecule has 0 saturated heterocycles. The molecule has 7 heteroatoms. The van der Waals surface area contributed by atoms with E-state index in [1.165, 1.54) is 11.3 Å². The molecule has 0 spiro atoms. The molecule has 0 amide bonds. The lowest BCUT2D eigenvalue weighted by Gasteiger charge is -2.16. The topological polar surface area (TPSA) is 55.9 Å². The van der Waals surface area contributed by atoms with Crippen molar-refractivity contribution in [3.63, 3.8) is 0 Å². The van der Waals surface area contributed by atoms with Crippen LogP contribution < -0.4 is 11.3 Å². The first-order valence-corrected chi connectivity index (χ1v) is 7.63. The highest BCUT2D eigenvalue weighted by molar-refractivity contribution is 7.20. The third-order valence-electron chi connectivity index (χ3n) is 2.91. The number of nitrogens with two attached hydrogens (primary N) is 1. The molecule has 1 unspecified atom stereocenters. The first-order valence-electron chi connectivity index (χ1n) is 6.06. The van der Waals surface area contributed by atoms with Crippen LogP contribution in [0.4, 0.5) is 0 Å². The lowest BCUT2D eigenvalue weighted by molar-refractivity contribution is 0.518. The molecule has 0 aliphatic carbocycles. The Morgan fingerprint density at radius 1 is 1.53 bits per heavy atom. The summed E-state index contributed by atoms with van der Waals surface area (Å²) >= 11 is 13.5. The van der Waals surface area contributed by atoms with Gasteiger partial charge in [-0.05, 0) is 12.5 Å². The predicted octanol–water partition coefficient (Wildman–Crippen LogP) is 3.41. The van der Waals surface area contributed by atoms with Gasteiger partial charge in [-0.3, -0.25) is 11.3 Å². The maximum atomic E-state index is 6.17. The molecule has 2 rings (SSSR count). The Morgan fingerprint density at radius 2 is 2.32 bits per heavy atom. The van der Waals surface area contributed by atoms with Gasteiger partial charge in [0.2, 0.25) is 0 Å². The Bertz CT molecular complexity index is 538. The first kappa shape index (κ1) is 14.8. The summed E-state index contributed by atoms with van der Waals surface area (Å²) < 4.78 is 3.46. The van der Waals surface area contributed by atoms with Gasteiger partial charge in [0.05, 0.1) is 14.7 Å². The van der Waals surface area contributed by atoms with Crippen molar-refractivity contribution in [3.05, 3.63) is 38.5 Å². The number of aromatic nitrogens is 2. The molecule has 2 aromatic heterocycles. The summed E-state index contributed by atoms with van der Waals surface area (Å²) in [6.07, 6.45) is 5.53. The van der Waals surface area contributed by atoms with Gasteiger partial charge in [-0.1, -0.05) is 30.1 Å². The van der Waals surface area contributed by atoms with Gasteiger partial charge in [-0.15, -0.1) is 11.3 Å². The van der Waals surface area contributed by atoms with Gasteiger partial charge < -0.3 is 4.57 Å². The lowest BCUT2D eigenvalue weighted by Crippen LogP contribution is -2.30. The van der Waals surface area contributed by atoms with Crippen molar-refractivity contribution in [3.8, 4) is 0 Å². The van der Waals surface area contributed by atoms with Crippen molar-refractivity contribution in [2.75, 3.05) is 0 Å². The molecule has 2 aromatic rings. The van der Waals surface area contributed by atoms with Crippen LogP contribution in [0.5, 0.6) is 0 Å². The van der Waals surface area contributed by atoms with Crippen LogP contribution >= 0.6 is 34.5 Å². The molecule has 104 valence electrons. The number of aryl methyl sites for hydroxylation is 1. The van der Waals surface area contributed by atoms with Crippen molar-refractivity contribution in [2.45, 2.75) is 32.4 Å². The second-order valence-electron chi connectivity index (χ2n) is 4.24. The monoisotopic (exact) mass is 318 g/mol. The van der Waals surface area contributed by atoms with Crippen LogP contribution in [0.25, 0.3) is 0 Å². The van der Waals surface area contributed by atoms with Gasteiger partial charge in [-0.2, -0.15) is 0 Å². The Morgan fingerprint density at radius 3 is 2.89 bits per heavy atom. The third-order valence-corrected chi connectivity index (χ3v) is 4.43. The molecule has 0 radical (unpaired) electrons. The fraction of sp³-hybridized carbons (Fsp3) is 0.417. The van der Waals surface area contributed by atoms with Crippen LogP contribution in [0.15, 0.2) is 18.5 Å². The van der Waals surface area contributed by atoms with E-state index in [-0.39, 0.29) is 6.04 Å². The predicted molar refractivity (Wildman–Crippen MR) is 80.6 cm³/mol. The summed E-state index contributed by atoms with van der Waals surface area (Å²) in [5, 5.41) is 0. The largest absolute Gasteiger partial charge is 0.335 e. The second-order valence-corrected chi connectivity index (χ2v) is 6.53. The van der Waals surface area contributed by atoms with E-state index in [0.717, 1.165) is 24.4 Å². The molecule has 0 aliphatic heterocycles. The SMILES string of the molecule is CCCn1ccnc1CC(NN)c1cc(Cl)sc1Cl. The van der Waals surface area contributed by atoms with Crippen LogP contribution in [-0.4, -0.2) is 9.55 Å². The molecular formula is C12H16Cl2N4S. The van der Waals surface area contributed by atoms with Crippen LogP contribution in [0.2, 0.25) is 8.67 Å². The molecule has 1 atom stereocenters. The summed E-state index contributed by atoms with van der Waals surface area (Å²) in [6.45, 7) is 3.09. The molecule has 0 bridgehead atoms. The highest BCUT2D eigenvalue weighted by atomic mass is 35.5. The average Bonchev–Trinajstić information content (AvgIpc) is 2.94. The van der Waals surface area contributed by atoms with E-state index in [9.17, 15) is 0 Å². The quantitative estimate of drug-likeness (QED) is 0.634. The number of halogens is 2. The zero-order valence-corrected chi connectivity index (χ0v) is 12.9. The maximum Gasteiger partial charge on any atom is 0.110 e. The number of hydrogen-bond acceptors (Lipinski definition) is 4. The normalized spacial score (nSPS) is 12.8. The van der Waals surface area contributed by atoms with Gasteiger partial charge in [0.15, 0.2) is 0 Å². The number of hydrazine groups is 1. The van der Waals surface area contributed by atoms with Gasteiger partial charge in [-0.25, -0.2) is 4.98 Å². The van der Waals surface area contributed by atoms with E-state index in [1.54, 1.807) is 6.20 Å². The fourth-order valence-corrected chi connectivity index (χ4v) is 3.59. The highest BCUT2D eigenvalue weighted by Gasteiger charge is 2.19. The van der Waals surface area contributed by atoms with Gasteiger partial charge in [0, 0.05) is 30.9 Å². The van der Waals surface area contributed by atoms with E-state index >= 15 is 0 Å². The van der Waals surface area contributed by atoms with E-state index < -0.39 is 0 Å². The van der Waals surface area contributed by atoms with E-state index in [0.29, 0.717) is 15.1 Å². The van der Waals surface area contributed by atoms with Crippen molar-refractivity contribution in [2.24, 2.45) is 5.84 Å². The Hall–Kier alpha value is -0.590. The summed E-state index contributed by atoms with van der Waals surface area (Å²) in [7, 11) is 0. The van der Waals surface area contributed by atoms with Gasteiger partial charge in [0.1, 0.15) is 5.82 Å². The number of nitrogens with one attached hydrogen (secondary N) is 1. The molecule has 0 aromatic carbocycles. The number of thiophene rings is 1. The molecule has 0 saturated carbocycles. The molecule has 19 heavy (non-hydrogen) atoms. The third kappa shape index (κ3) is 3.49. The standard InChI is InChI=1S/C12H16Cl2N4S/c1-2-4-18-5-3-16-11(18)7-9(17-15)8-6-10(13)19-12(8)14/h3,5-6,9,17H,2,4,7,15H2,1H3. The molecule has 3 N–H and O–H groups in total. The number of nitrogens with zero attached hydrogens (tertiary/aromatic N) is 2. The Kier molecular flexibility index (Phi) is 5.24. The van der Waals surface area contributed by atoms with Crippen molar-refractivity contribution < 1.29 is 0 Å². The minimum absolute atomic E-state index is 0.0887. The minimum Gasteiger partial charge on any atom is -0.335 e. The smallest absolute Gasteiger partial charge is 0.110 e. The molecule has 4 nitrogen and oxygen atoms in total. The zero-order chi connectivity index (χ0) is 13.8. The van der Waals surface area contributed by atoms with Crippen LogP contribution in [0, 0.1) is 0 Å². The Balaban J connectivity index is 2.19. The number of rotatable bonds is 6. The maximum absolute atomic E-state index is 6.17. The van der Waals surface area contributed by atoms with Gasteiger partial charge in [0.25, 0.3) is 0 Å². The lowest BCUT2D eigenvalue weighted by atomic mass is 10.1. The van der Waals surface area contributed by atoms with Crippen molar-refractivity contribution in [1.82, 2.24) is 15.0 Å². The first-order chi connectivity index (χ1) is 9.15. The average molecular weight is 319 g/mol. The van der Waals surface area contributed by atoms with Crippen molar-refractivity contribution >= 4 is 34.5 Å².